The molecule has 1 rings (SSSR count). The summed E-state index contributed by atoms with van der Waals surface area (Å²) in [5.41, 5.74) is 1.59. The SMILES string of the molecule is NNCCc1cn[nH]c1C(F)(F)F. The zero-order chi connectivity index (χ0) is 9.90. The van der Waals surface area contributed by atoms with Crippen LogP contribution in [0.2, 0.25) is 0 Å². The molecule has 74 valence electrons. The van der Waals surface area contributed by atoms with Gasteiger partial charge in [0.1, 0.15) is 5.69 Å². The lowest BCUT2D eigenvalue weighted by Gasteiger charge is -2.05. The Kier molecular flexibility index (Phi) is 2.89. The molecule has 1 aromatic rings. The lowest BCUT2D eigenvalue weighted by Crippen LogP contribution is -2.25. The number of rotatable bonds is 3. The predicted molar refractivity (Wildman–Crippen MR) is 39.5 cm³/mol. The fourth-order valence-electron chi connectivity index (χ4n) is 0.953. The summed E-state index contributed by atoms with van der Waals surface area (Å²) in [6, 6.07) is 0. The van der Waals surface area contributed by atoms with Crippen LogP contribution in [-0.2, 0) is 12.6 Å². The Balaban J connectivity index is 2.77. The average molecular weight is 194 g/mol. The van der Waals surface area contributed by atoms with Crippen molar-refractivity contribution >= 4 is 0 Å². The van der Waals surface area contributed by atoms with Crippen LogP contribution in [-0.4, -0.2) is 16.7 Å². The van der Waals surface area contributed by atoms with Crippen molar-refractivity contribution in [1.82, 2.24) is 15.6 Å². The van der Waals surface area contributed by atoms with Crippen LogP contribution in [0.3, 0.4) is 0 Å². The van der Waals surface area contributed by atoms with Crippen LogP contribution in [0.1, 0.15) is 11.3 Å². The van der Waals surface area contributed by atoms with Crippen molar-refractivity contribution in [3.8, 4) is 0 Å². The van der Waals surface area contributed by atoms with Gasteiger partial charge in [0.15, 0.2) is 0 Å². The van der Waals surface area contributed by atoms with Gasteiger partial charge in [-0.15, -0.1) is 0 Å². The summed E-state index contributed by atoms with van der Waals surface area (Å²) in [6.45, 7) is 0.280. The molecular weight excluding hydrogens is 185 g/mol. The number of hydrogen-bond acceptors (Lipinski definition) is 3. The van der Waals surface area contributed by atoms with Crippen molar-refractivity contribution in [2.45, 2.75) is 12.6 Å². The zero-order valence-electron chi connectivity index (χ0n) is 6.65. The van der Waals surface area contributed by atoms with Gasteiger partial charge >= 0.3 is 6.18 Å². The van der Waals surface area contributed by atoms with Crippen LogP contribution in [0.25, 0.3) is 0 Å². The minimum Gasteiger partial charge on any atom is -0.273 e. The number of aromatic amines is 1. The number of aromatic nitrogens is 2. The number of hydrogen-bond donors (Lipinski definition) is 3. The Morgan fingerprint density at radius 2 is 2.23 bits per heavy atom. The Hall–Kier alpha value is -1.08. The molecule has 0 amide bonds. The highest BCUT2D eigenvalue weighted by Crippen LogP contribution is 2.29. The molecule has 0 aliphatic heterocycles. The number of alkyl halides is 3. The van der Waals surface area contributed by atoms with Gasteiger partial charge in [0.2, 0.25) is 0 Å². The molecule has 0 fully saturated rings. The third-order valence-electron chi connectivity index (χ3n) is 1.54. The van der Waals surface area contributed by atoms with Crippen LogP contribution in [0.5, 0.6) is 0 Å². The van der Waals surface area contributed by atoms with Gasteiger partial charge in [-0.1, -0.05) is 0 Å². The standard InChI is InChI=1S/C6H9F3N4/c7-6(8,9)5-4(1-2-11-10)3-12-13-5/h3,11H,1-2,10H2,(H,12,13). The van der Waals surface area contributed by atoms with E-state index in [0.29, 0.717) is 0 Å². The Labute approximate surface area is 72.3 Å². The fraction of sp³-hybridized carbons (Fsp3) is 0.500. The number of halogens is 3. The molecule has 0 saturated carbocycles. The van der Waals surface area contributed by atoms with Gasteiger partial charge < -0.3 is 0 Å². The maximum Gasteiger partial charge on any atom is 0.433 e. The van der Waals surface area contributed by atoms with Crippen LogP contribution in [0.15, 0.2) is 6.20 Å². The number of nitrogens with one attached hydrogen (secondary N) is 2. The zero-order valence-corrected chi connectivity index (χ0v) is 6.65. The molecule has 0 saturated heterocycles. The molecule has 0 aliphatic carbocycles. The molecular formula is C6H9F3N4. The highest BCUT2D eigenvalue weighted by molar-refractivity contribution is 5.19. The topological polar surface area (TPSA) is 66.7 Å². The second-order valence-electron chi connectivity index (χ2n) is 2.47. The summed E-state index contributed by atoms with van der Waals surface area (Å²) in [4.78, 5) is 0. The van der Waals surface area contributed by atoms with Crippen molar-refractivity contribution in [3.63, 3.8) is 0 Å². The quantitative estimate of drug-likeness (QED) is 0.483. The first-order valence-electron chi connectivity index (χ1n) is 3.58. The molecule has 0 radical (unpaired) electrons. The van der Waals surface area contributed by atoms with Crippen LogP contribution in [0.4, 0.5) is 13.2 Å². The second-order valence-corrected chi connectivity index (χ2v) is 2.47. The third-order valence-corrected chi connectivity index (χ3v) is 1.54. The van der Waals surface area contributed by atoms with Crippen LogP contribution >= 0.6 is 0 Å². The Morgan fingerprint density at radius 1 is 1.54 bits per heavy atom. The minimum atomic E-state index is -4.37. The minimum absolute atomic E-state index is 0.116. The first-order chi connectivity index (χ1) is 6.05. The Bertz CT molecular complexity index is 267. The molecule has 0 aliphatic rings. The molecule has 0 spiro atoms. The number of H-pyrrole nitrogens is 1. The molecule has 0 aromatic carbocycles. The monoisotopic (exact) mass is 194 g/mol. The van der Waals surface area contributed by atoms with Crippen molar-refractivity contribution in [1.29, 1.82) is 0 Å². The normalized spacial score (nSPS) is 12.0. The van der Waals surface area contributed by atoms with E-state index in [4.69, 9.17) is 5.84 Å². The van der Waals surface area contributed by atoms with Crippen LogP contribution < -0.4 is 11.3 Å². The summed E-state index contributed by atoms with van der Waals surface area (Å²) in [5, 5.41) is 5.24. The molecule has 4 N–H and O–H groups in total. The molecule has 13 heavy (non-hydrogen) atoms. The fourth-order valence-corrected chi connectivity index (χ4v) is 0.953. The average Bonchev–Trinajstić information content (AvgIpc) is 2.47. The van der Waals surface area contributed by atoms with E-state index in [0.717, 1.165) is 6.20 Å². The van der Waals surface area contributed by atoms with E-state index in [9.17, 15) is 13.2 Å². The van der Waals surface area contributed by atoms with Crippen molar-refractivity contribution < 1.29 is 13.2 Å². The number of nitrogens with zero attached hydrogens (tertiary/aromatic N) is 1. The Morgan fingerprint density at radius 3 is 2.77 bits per heavy atom. The second kappa shape index (κ2) is 3.75. The van der Waals surface area contributed by atoms with Gasteiger partial charge in [-0.25, -0.2) is 0 Å². The highest BCUT2D eigenvalue weighted by atomic mass is 19.4. The lowest BCUT2D eigenvalue weighted by molar-refractivity contribution is -0.141. The molecule has 0 unspecified atom stereocenters. The van der Waals surface area contributed by atoms with E-state index < -0.39 is 11.9 Å². The maximum atomic E-state index is 12.2. The molecule has 0 atom stereocenters. The van der Waals surface area contributed by atoms with Gasteiger partial charge in [0.25, 0.3) is 0 Å². The molecule has 0 bridgehead atoms. The first kappa shape index (κ1) is 10.0. The van der Waals surface area contributed by atoms with E-state index >= 15 is 0 Å². The van der Waals surface area contributed by atoms with E-state index in [1.807, 2.05) is 5.10 Å². The van der Waals surface area contributed by atoms with E-state index in [2.05, 4.69) is 10.5 Å². The molecule has 1 aromatic heterocycles. The summed E-state index contributed by atoms with van der Waals surface area (Å²) >= 11 is 0. The van der Waals surface area contributed by atoms with E-state index in [1.165, 1.54) is 0 Å². The molecule has 1 heterocycles. The van der Waals surface area contributed by atoms with Gasteiger partial charge in [0, 0.05) is 12.1 Å². The van der Waals surface area contributed by atoms with Crippen molar-refractivity contribution in [2.24, 2.45) is 5.84 Å². The third kappa shape index (κ3) is 2.43. The van der Waals surface area contributed by atoms with Crippen LogP contribution in [0, 0.1) is 0 Å². The first-order valence-corrected chi connectivity index (χ1v) is 3.58. The summed E-state index contributed by atoms with van der Waals surface area (Å²) in [7, 11) is 0. The molecule has 4 nitrogen and oxygen atoms in total. The van der Waals surface area contributed by atoms with Gasteiger partial charge in [-0.2, -0.15) is 18.3 Å². The van der Waals surface area contributed by atoms with Gasteiger partial charge in [-0.3, -0.25) is 16.4 Å². The smallest absolute Gasteiger partial charge is 0.273 e. The van der Waals surface area contributed by atoms with E-state index in [1.54, 1.807) is 0 Å². The van der Waals surface area contributed by atoms with Crippen molar-refractivity contribution in [3.05, 3.63) is 17.5 Å². The number of nitrogens with two attached hydrogens (primary N) is 1. The van der Waals surface area contributed by atoms with Gasteiger partial charge in [0.05, 0.1) is 6.20 Å². The maximum absolute atomic E-state index is 12.2. The van der Waals surface area contributed by atoms with Gasteiger partial charge in [-0.05, 0) is 6.42 Å². The highest BCUT2D eigenvalue weighted by Gasteiger charge is 2.35. The largest absolute Gasteiger partial charge is 0.433 e. The lowest BCUT2D eigenvalue weighted by atomic mass is 10.2. The number of hydrazine groups is 1. The summed E-state index contributed by atoms with van der Waals surface area (Å²) in [6.07, 6.45) is -3.03. The van der Waals surface area contributed by atoms with E-state index in [-0.39, 0.29) is 18.5 Å². The predicted octanol–water partition coefficient (Wildman–Crippen LogP) is 0.434. The summed E-state index contributed by atoms with van der Waals surface area (Å²) in [5.74, 6) is 4.94. The summed E-state index contributed by atoms with van der Waals surface area (Å²) < 4.78 is 36.6. The van der Waals surface area contributed by atoms with Crippen molar-refractivity contribution in [2.75, 3.05) is 6.54 Å². The molecule has 7 heteroatoms.